The third-order valence-corrected chi connectivity index (χ3v) is 7.46. The molecule has 0 fully saturated rings. The number of rotatable bonds is 7. The highest BCUT2D eigenvalue weighted by Gasteiger charge is 2.34. The van der Waals surface area contributed by atoms with Gasteiger partial charge in [-0.1, -0.05) is 60.7 Å². The molecule has 1 aliphatic heterocycles. The van der Waals surface area contributed by atoms with E-state index in [1.807, 2.05) is 72.8 Å². The van der Waals surface area contributed by atoms with E-state index in [9.17, 15) is 14.4 Å². The Kier molecular flexibility index (Phi) is 8.38. The summed E-state index contributed by atoms with van der Waals surface area (Å²) in [6.07, 6.45) is 0. The lowest BCUT2D eigenvalue weighted by molar-refractivity contribution is -0.129. The zero-order valence-corrected chi connectivity index (χ0v) is 22.6. The largest absolute Gasteiger partial charge is 0.342 e. The second kappa shape index (κ2) is 11.7. The minimum absolute atomic E-state index is 0.172. The summed E-state index contributed by atoms with van der Waals surface area (Å²) in [6, 6.07) is 22.8. The van der Waals surface area contributed by atoms with Gasteiger partial charge < -0.3 is 26.6 Å². The lowest BCUT2D eigenvalue weighted by atomic mass is 9.98. The van der Waals surface area contributed by atoms with Crippen LogP contribution in [-0.4, -0.2) is 42.2 Å². The van der Waals surface area contributed by atoms with Gasteiger partial charge in [0.05, 0.1) is 17.8 Å². The van der Waals surface area contributed by atoms with Gasteiger partial charge in [0.25, 0.3) is 5.91 Å². The number of urea groups is 1. The van der Waals surface area contributed by atoms with E-state index in [2.05, 4.69) is 16.0 Å². The van der Waals surface area contributed by atoms with Crippen LogP contribution >= 0.6 is 11.8 Å². The fraction of sp³-hybridized carbons (Fsp3) is 0.276. The van der Waals surface area contributed by atoms with Crippen molar-refractivity contribution < 1.29 is 14.4 Å². The average Bonchev–Trinajstić information content (AvgIpc) is 3.04. The highest BCUT2D eigenvalue weighted by molar-refractivity contribution is 7.99. The molecule has 0 spiro atoms. The molecule has 1 atom stereocenters. The van der Waals surface area contributed by atoms with Crippen LogP contribution in [0.4, 0.5) is 10.5 Å². The van der Waals surface area contributed by atoms with Gasteiger partial charge in [-0.05, 0) is 48.2 Å². The number of anilines is 1. The van der Waals surface area contributed by atoms with Crippen LogP contribution in [0.2, 0.25) is 0 Å². The van der Waals surface area contributed by atoms with E-state index in [4.69, 9.17) is 5.73 Å². The van der Waals surface area contributed by atoms with Gasteiger partial charge in [0.15, 0.2) is 0 Å². The van der Waals surface area contributed by atoms with E-state index >= 15 is 0 Å². The number of thioether (sulfide) groups is 1. The van der Waals surface area contributed by atoms with Crippen LogP contribution in [-0.2, 0) is 22.7 Å². The van der Waals surface area contributed by atoms with Gasteiger partial charge in [-0.2, -0.15) is 0 Å². The summed E-state index contributed by atoms with van der Waals surface area (Å²) in [7, 11) is 1.58. The SMILES string of the molecule is CNC(=O)NCc1ccccc1-c1ccc(CN2C(=O)[C@H](NC(=O)C(C)(C)N)CSc3ccccc32)cc1. The Morgan fingerprint density at radius 1 is 1.03 bits per heavy atom. The summed E-state index contributed by atoms with van der Waals surface area (Å²) >= 11 is 1.55. The van der Waals surface area contributed by atoms with Crippen LogP contribution in [0.25, 0.3) is 11.1 Å². The molecule has 38 heavy (non-hydrogen) atoms. The summed E-state index contributed by atoms with van der Waals surface area (Å²) in [6.45, 7) is 4.00. The summed E-state index contributed by atoms with van der Waals surface area (Å²) in [5.41, 5.74) is 9.69. The number of nitrogens with zero attached hydrogens (tertiary/aromatic N) is 1. The van der Waals surface area contributed by atoms with E-state index in [-0.39, 0.29) is 17.8 Å². The maximum Gasteiger partial charge on any atom is 0.314 e. The number of nitrogens with two attached hydrogens (primary N) is 1. The lowest BCUT2D eigenvalue weighted by Gasteiger charge is -2.28. The molecule has 3 aromatic rings. The van der Waals surface area contributed by atoms with Gasteiger partial charge in [0.2, 0.25) is 5.91 Å². The predicted octanol–water partition coefficient (Wildman–Crippen LogP) is 3.64. The van der Waals surface area contributed by atoms with Gasteiger partial charge in [-0.15, -0.1) is 11.8 Å². The number of fused-ring (bicyclic) bond motifs is 1. The molecule has 0 saturated carbocycles. The van der Waals surface area contributed by atoms with Gasteiger partial charge in [-0.25, -0.2) is 4.79 Å². The smallest absolute Gasteiger partial charge is 0.314 e. The minimum atomic E-state index is -1.09. The second-order valence-electron chi connectivity index (χ2n) is 9.74. The molecule has 3 aromatic carbocycles. The molecule has 9 heteroatoms. The molecule has 0 aromatic heterocycles. The fourth-order valence-corrected chi connectivity index (χ4v) is 5.23. The first-order valence-corrected chi connectivity index (χ1v) is 13.4. The molecule has 4 rings (SSSR count). The third kappa shape index (κ3) is 6.35. The van der Waals surface area contributed by atoms with Crippen LogP contribution in [0, 0.1) is 0 Å². The molecule has 1 heterocycles. The normalized spacial score (nSPS) is 15.3. The van der Waals surface area contributed by atoms with E-state index in [1.54, 1.807) is 37.6 Å². The van der Waals surface area contributed by atoms with Gasteiger partial charge in [0.1, 0.15) is 6.04 Å². The van der Waals surface area contributed by atoms with Crippen LogP contribution in [0.15, 0.2) is 77.7 Å². The molecular formula is C29H33N5O3S. The van der Waals surface area contributed by atoms with Crippen molar-refractivity contribution >= 4 is 35.3 Å². The summed E-state index contributed by atoms with van der Waals surface area (Å²) in [5.74, 6) is -0.112. The lowest BCUT2D eigenvalue weighted by Crippen LogP contribution is -2.56. The maximum atomic E-state index is 13.7. The summed E-state index contributed by atoms with van der Waals surface area (Å²) < 4.78 is 0. The molecule has 8 nitrogen and oxygen atoms in total. The monoisotopic (exact) mass is 531 g/mol. The number of carbonyl (C=O) groups is 3. The van der Waals surface area contributed by atoms with E-state index < -0.39 is 11.6 Å². The molecule has 198 valence electrons. The molecule has 0 unspecified atom stereocenters. The maximum absolute atomic E-state index is 13.7. The number of amides is 4. The molecule has 0 bridgehead atoms. The molecule has 0 saturated heterocycles. The first kappa shape index (κ1) is 27.2. The minimum Gasteiger partial charge on any atom is -0.342 e. The highest BCUT2D eigenvalue weighted by atomic mass is 32.2. The van der Waals surface area contributed by atoms with Gasteiger partial charge in [0, 0.05) is 24.2 Å². The zero-order chi connectivity index (χ0) is 27.3. The number of para-hydroxylation sites is 1. The number of hydrogen-bond donors (Lipinski definition) is 4. The molecule has 4 amide bonds. The summed E-state index contributed by atoms with van der Waals surface area (Å²) in [5, 5.41) is 8.25. The third-order valence-electron chi connectivity index (χ3n) is 6.31. The second-order valence-corrected chi connectivity index (χ2v) is 10.8. The Balaban J connectivity index is 1.57. The number of carbonyl (C=O) groups excluding carboxylic acids is 3. The van der Waals surface area contributed by atoms with Crippen molar-refractivity contribution in [2.75, 3.05) is 17.7 Å². The Labute approximate surface area is 227 Å². The van der Waals surface area contributed by atoms with Crippen LogP contribution < -0.4 is 26.6 Å². The molecule has 1 aliphatic rings. The fourth-order valence-electron chi connectivity index (χ4n) is 4.16. The molecule has 0 radical (unpaired) electrons. The Bertz CT molecular complexity index is 1320. The Hall–Kier alpha value is -3.82. The highest BCUT2D eigenvalue weighted by Crippen LogP contribution is 2.35. The van der Waals surface area contributed by atoms with Crippen molar-refractivity contribution in [1.29, 1.82) is 0 Å². The number of benzene rings is 3. The van der Waals surface area contributed by atoms with Crippen molar-refractivity contribution in [3.05, 3.63) is 83.9 Å². The van der Waals surface area contributed by atoms with E-state index in [0.29, 0.717) is 18.8 Å². The quantitative estimate of drug-likeness (QED) is 0.371. The Morgan fingerprint density at radius 2 is 1.71 bits per heavy atom. The molecular weight excluding hydrogens is 498 g/mol. The summed E-state index contributed by atoms with van der Waals surface area (Å²) in [4.78, 5) is 40.6. The van der Waals surface area contributed by atoms with Crippen molar-refractivity contribution in [2.24, 2.45) is 5.73 Å². The topological polar surface area (TPSA) is 117 Å². The predicted molar refractivity (Wildman–Crippen MR) is 152 cm³/mol. The van der Waals surface area contributed by atoms with Crippen LogP contribution in [0.5, 0.6) is 0 Å². The first-order valence-electron chi connectivity index (χ1n) is 12.4. The van der Waals surface area contributed by atoms with E-state index in [0.717, 1.165) is 32.8 Å². The van der Waals surface area contributed by atoms with Crippen LogP contribution in [0.1, 0.15) is 25.0 Å². The zero-order valence-electron chi connectivity index (χ0n) is 21.8. The van der Waals surface area contributed by atoms with Crippen molar-refractivity contribution in [3.63, 3.8) is 0 Å². The van der Waals surface area contributed by atoms with Crippen molar-refractivity contribution in [2.45, 2.75) is 43.4 Å². The van der Waals surface area contributed by atoms with E-state index in [1.165, 1.54) is 0 Å². The van der Waals surface area contributed by atoms with Gasteiger partial charge >= 0.3 is 6.03 Å². The number of nitrogens with one attached hydrogen (secondary N) is 3. The van der Waals surface area contributed by atoms with Crippen LogP contribution in [0.3, 0.4) is 0 Å². The number of hydrogen-bond acceptors (Lipinski definition) is 5. The molecule has 0 aliphatic carbocycles. The van der Waals surface area contributed by atoms with Crippen molar-refractivity contribution in [1.82, 2.24) is 16.0 Å². The Morgan fingerprint density at radius 3 is 2.42 bits per heavy atom. The average molecular weight is 532 g/mol. The van der Waals surface area contributed by atoms with Crippen molar-refractivity contribution in [3.8, 4) is 11.1 Å². The standard InChI is InChI=1S/C29H33N5O3S/c1-29(2,30)27(36)33-23-18-38-25-11-7-6-10-24(25)34(26(23)35)17-19-12-14-20(15-13-19)22-9-5-4-8-21(22)16-32-28(37)31-3/h4-15,23H,16-18,30H2,1-3H3,(H,33,36)(H2,31,32,37)/t23-/m1/s1. The molecule has 5 N–H and O–H groups in total. The van der Waals surface area contributed by atoms with Gasteiger partial charge in [-0.3, -0.25) is 9.59 Å². The first-order chi connectivity index (χ1) is 18.2.